The predicted octanol–water partition coefficient (Wildman–Crippen LogP) is 0.968. The molecule has 1 atom stereocenters. The molecule has 0 aliphatic heterocycles. The number of nitro groups is 1. The molecule has 1 rings (SSSR count). The van der Waals surface area contributed by atoms with Crippen LogP contribution in [0.1, 0.15) is 13.8 Å². The molecule has 0 aliphatic rings. The highest BCUT2D eigenvalue weighted by molar-refractivity contribution is 5.84. The van der Waals surface area contributed by atoms with Crippen LogP contribution in [0.3, 0.4) is 0 Å². The highest BCUT2D eigenvalue weighted by Gasteiger charge is 2.20. The number of nitrogens with one attached hydrogen (secondary N) is 3. The minimum atomic E-state index is -0.618. The van der Waals surface area contributed by atoms with Crippen molar-refractivity contribution in [1.29, 1.82) is 0 Å². The first-order valence-corrected chi connectivity index (χ1v) is 5.87. The molecule has 19 heavy (non-hydrogen) atoms. The first-order valence-electron chi connectivity index (χ1n) is 5.87. The summed E-state index contributed by atoms with van der Waals surface area (Å²) < 4.78 is 0. The SMILES string of the molecule is CCNc1ccc([N+](=O)[O-])c(NC(C)C(=O)NC)n1. The fourth-order valence-corrected chi connectivity index (χ4v) is 1.47. The van der Waals surface area contributed by atoms with Crippen LogP contribution in [0.4, 0.5) is 17.3 Å². The van der Waals surface area contributed by atoms with Gasteiger partial charge in [0.2, 0.25) is 11.7 Å². The summed E-state index contributed by atoms with van der Waals surface area (Å²) >= 11 is 0. The van der Waals surface area contributed by atoms with Crippen molar-refractivity contribution in [2.45, 2.75) is 19.9 Å². The van der Waals surface area contributed by atoms with Gasteiger partial charge in [0, 0.05) is 19.7 Å². The van der Waals surface area contributed by atoms with Crippen LogP contribution in [-0.4, -0.2) is 35.4 Å². The zero-order valence-corrected chi connectivity index (χ0v) is 11.1. The Morgan fingerprint density at radius 2 is 2.21 bits per heavy atom. The second-order valence-electron chi connectivity index (χ2n) is 3.83. The fraction of sp³-hybridized carbons (Fsp3) is 0.455. The average Bonchev–Trinajstić information content (AvgIpc) is 2.38. The van der Waals surface area contributed by atoms with E-state index in [0.29, 0.717) is 12.4 Å². The molecule has 1 heterocycles. The molecule has 3 N–H and O–H groups in total. The molecule has 0 bridgehead atoms. The summed E-state index contributed by atoms with van der Waals surface area (Å²) in [5, 5.41) is 19.1. The van der Waals surface area contributed by atoms with Crippen LogP contribution in [0.25, 0.3) is 0 Å². The number of rotatable bonds is 6. The zero-order chi connectivity index (χ0) is 14.4. The van der Waals surface area contributed by atoms with E-state index in [-0.39, 0.29) is 17.4 Å². The lowest BCUT2D eigenvalue weighted by molar-refractivity contribution is -0.384. The van der Waals surface area contributed by atoms with Crippen LogP contribution in [0.5, 0.6) is 0 Å². The van der Waals surface area contributed by atoms with Crippen molar-refractivity contribution < 1.29 is 9.72 Å². The quantitative estimate of drug-likeness (QED) is 0.523. The lowest BCUT2D eigenvalue weighted by Gasteiger charge is -2.13. The molecule has 0 saturated carbocycles. The molecule has 8 heteroatoms. The van der Waals surface area contributed by atoms with Gasteiger partial charge < -0.3 is 16.0 Å². The lowest BCUT2D eigenvalue weighted by Crippen LogP contribution is -2.35. The van der Waals surface area contributed by atoms with Crippen LogP contribution in [0, 0.1) is 10.1 Å². The minimum absolute atomic E-state index is 0.0690. The van der Waals surface area contributed by atoms with Gasteiger partial charge in [-0.05, 0) is 19.9 Å². The highest BCUT2D eigenvalue weighted by atomic mass is 16.6. The van der Waals surface area contributed by atoms with E-state index in [1.807, 2.05) is 6.92 Å². The molecule has 0 aliphatic carbocycles. The first-order chi connectivity index (χ1) is 8.99. The van der Waals surface area contributed by atoms with Crippen molar-refractivity contribution in [2.24, 2.45) is 0 Å². The van der Waals surface area contributed by atoms with Crippen molar-refractivity contribution in [3.63, 3.8) is 0 Å². The molecule has 0 fully saturated rings. The van der Waals surface area contributed by atoms with Gasteiger partial charge in [-0.2, -0.15) is 0 Å². The average molecular weight is 267 g/mol. The second kappa shape index (κ2) is 6.53. The van der Waals surface area contributed by atoms with E-state index in [1.54, 1.807) is 6.92 Å². The Balaban J connectivity index is 3.03. The number of anilines is 2. The molecule has 1 aromatic rings. The molecule has 1 amide bonds. The molecule has 1 unspecified atom stereocenters. The molecule has 1 aromatic heterocycles. The Labute approximate surface area is 110 Å². The number of pyridine rings is 1. The largest absolute Gasteiger partial charge is 0.370 e. The first kappa shape index (κ1) is 14.7. The van der Waals surface area contributed by atoms with Crippen molar-refractivity contribution in [2.75, 3.05) is 24.2 Å². The Bertz CT molecular complexity index is 477. The summed E-state index contributed by atoms with van der Waals surface area (Å²) in [4.78, 5) is 25.9. The van der Waals surface area contributed by atoms with Crippen molar-refractivity contribution >= 4 is 23.2 Å². The number of aromatic nitrogens is 1. The number of hydrogen-bond donors (Lipinski definition) is 3. The monoisotopic (exact) mass is 267 g/mol. The van der Waals surface area contributed by atoms with Gasteiger partial charge in [-0.3, -0.25) is 14.9 Å². The maximum Gasteiger partial charge on any atom is 0.311 e. The summed E-state index contributed by atoms with van der Waals surface area (Å²) in [6.07, 6.45) is 0. The summed E-state index contributed by atoms with van der Waals surface area (Å²) in [5.41, 5.74) is -0.169. The number of nitrogens with zero attached hydrogens (tertiary/aromatic N) is 2. The van der Waals surface area contributed by atoms with E-state index in [0.717, 1.165) is 0 Å². The van der Waals surface area contributed by atoms with Gasteiger partial charge in [0.15, 0.2) is 0 Å². The summed E-state index contributed by atoms with van der Waals surface area (Å²) in [6, 6.07) is 2.26. The zero-order valence-electron chi connectivity index (χ0n) is 11.1. The molecular formula is C11H17N5O3. The maximum atomic E-state index is 11.4. The van der Waals surface area contributed by atoms with Gasteiger partial charge in [0.25, 0.3) is 0 Å². The van der Waals surface area contributed by atoms with Crippen LogP contribution in [-0.2, 0) is 4.79 Å². The second-order valence-corrected chi connectivity index (χ2v) is 3.83. The number of amides is 1. The van der Waals surface area contributed by atoms with Crippen LogP contribution in [0.15, 0.2) is 12.1 Å². The Morgan fingerprint density at radius 3 is 2.74 bits per heavy atom. The van der Waals surface area contributed by atoms with E-state index in [2.05, 4.69) is 20.9 Å². The maximum absolute atomic E-state index is 11.4. The lowest BCUT2D eigenvalue weighted by atomic mass is 10.3. The molecular weight excluding hydrogens is 250 g/mol. The van der Waals surface area contributed by atoms with Crippen LogP contribution >= 0.6 is 0 Å². The third kappa shape index (κ3) is 3.80. The Morgan fingerprint density at radius 1 is 1.53 bits per heavy atom. The smallest absolute Gasteiger partial charge is 0.311 e. The van der Waals surface area contributed by atoms with Crippen molar-refractivity contribution in [3.8, 4) is 0 Å². The van der Waals surface area contributed by atoms with Gasteiger partial charge in [0.05, 0.1) is 4.92 Å². The molecule has 0 saturated heterocycles. The molecule has 0 spiro atoms. The van der Waals surface area contributed by atoms with E-state index in [9.17, 15) is 14.9 Å². The van der Waals surface area contributed by atoms with Gasteiger partial charge in [-0.1, -0.05) is 0 Å². The van der Waals surface area contributed by atoms with Gasteiger partial charge >= 0.3 is 5.69 Å². The van der Waals surface area contributed by atoms with E-state index in [1.165, 1.54) is 19.2 Å². The third-order valence-electron chi connectivity index (χ3n) is 2.42. The predicted molar refractivity (Wildman–Crippen MR) is 72.2 cm³/mol. The standard InChI is InChI=1S/C11H17N5O3/c1-4-13-9-6-5-8(16(18)19)10(15-9)14-7(2)11(17)12-3/h5-7H,4H2,1-3H3,(H,12,17)(H2,13,14,15). The summed E-state index contributed by atoms with van der Waals surface area (Å²) in [6.45, 7) is 4.14. The van der Waals surface area contributed by atoms with Crippen molar-refractivity contribution in [3.05, 3.63) is 22.2 Å². The molecule has 104 valence electrons. The van der Waals surface area contributed by atoms with Gasteiger partial charge in [0.1, 0.15) is 11.9 Å². The van der Waals surface area contributed by atoms with Gasteiger partial charge in [-0.25, -0.2) is 4.98 Å². The summed E-state index contributed by atoms with van der Waals surface area (Å²) in [7, 11) is 1.50. The molecule has 0 radical (unpaired) electrons. The molecule has 0 aromatic carbocycles. The Hall–Kier alpha value is -2.38. The number of carbonyl (C=O) groups is 1. The van der Waals surface area contributed by atoms with E-state index >= 15 is 0 Å². The Kier molecular flexibility index (Phi) is 5.04. The topological polar surface area (TPSA) is 109 Å². The van der Waals surface area contributed by atoms with Gasteiger partial charge in [-0.15, -0.1) is 0 Å². The number of hydrogen-bond acceptors (Lipinski definition) is 6. The van der Waals surface area contributed by atoms with Crippen LogP contribution in [0.2, 0.25) is 0 Å². The summed E-state index contributed by atoms with van der Waals surface area (Å²) in [5.74, 6) is 0.309. The van der Waals surface area contributed by atoms with Crippen molar-refractivity contribution in [1.82, 2.24) is 10.3 Å². The minimum Gasteiger partial charge on any atom is -0.370 e. The molecule has 8 nitrogen and oxygen atoms in total. The van der Waals surface area contributed by atoms with E-state index in [4.69, 9.17) is 0 Å². The van der Waals surface area contributed by atoms with E-state index < -0.39 is 11.0 Å². The number of carbonyl (C=O) groups excluding carboxylic acids is 1. The third-order valence-corrected chi connectivity index (χ3v) is 2.42. The number of likely N-dealkylation sites (N-methyl/N-ethyl adjacent to an activating group) is 1. The highest BCUT2D eigenvalue weighted by Crippen LogP contribution is 2.24. The normalized spacial score (nSPS) is 11.5. The van der Waals surface area contributed by atoms with Crippen LogP contribution < -0.4 is 16.0 Å². The fourth-order valence-electron chi connectivity index (χ4n) is 1.47.